The third kappa shape index (κ3) is 5.03. The Bertz CT molecular complexity index is 924. The number of rotatable bonds is 6. The Morgan fingerprint density at radius 2 is 1.81 bits per heavy atom. The predicted octanol–water partition coefficient (Wildman–Crippen LogP) is 4.62. The molecule has 4 rings (SSSR count). The van der Waals surface area contributed by atoms with Crippen molar-refractivity contribution in [2.75, 3.05) is 20.1 Å². The second-order valence-corrected chi connectivity index (χ2v) is 9.56. The molecular weight excluding hydrogens is 398 g/mol. The van der Waals surface area contributed by atoms with Crippen LogP contribution in [0.1, 0.15) is 56.9 Å². The van der Waals surface area contributed by atoms with Crippen LogP contribution in [0.2, 0.25) is 0 Å². The molecule has 2 heterocycles. The second kappa shape index (κ2) is 10.3. The van der Waals surface area contributed by atoms with Crippen molar-refractivity contribution >= 4 is 11.8 Å². The molecule has 1 saturated heterocycles. The molecule has 32 heavy (non-hydrogen) atoms. The Morgan fingerprint density at radius 3 is 2.56 bits per heavy atom. The van der Waals surface area contributed by atoms with Crippen LogP contribution in [0.5, 0.6) is 0 Å². The lowest BCUT2D eigenvalue weighted by atomic mass is 9.73. The van der Waals surface area contributed by atoms with Crippen LogP contribution in [0.3, 0.4) is 0 Å². The normalized spacial score (nSPS) is 21.8. The summed E-state index contributed by atoms with van der Waals surface area (Å²) in [6.45, 7) is 1.26. The molecule has 1 aliphatic carbocycles. The number of aromatic nitrogens is 1. The first kappa shape index (κ1) is 22.5. The van der Waals surface area contributed by atoms with Gasteiger partial charge in [-0.1, -0.05) is 43.5 Å². The van der Waals surface area contributed by atoms with Gasteiger partial charge in [0, 0.05) is 39.0 Å². The molecule has 1 aliphatic heterocycles. The van der Waals surface area contributed by atoms with Gasteiger partial charge in [-0.05, 0) is 66.8 Å². The zero-order valence-corrected chi connectivity index (χ0v) is 19.2. The third-order valence-corrected chi connectivity index (χ3v) is 7.36. The van der Waals surface area contributed by atoms with Gasteiger partial charge in [-0.3, -0.25) is 14.6 Å². The maximum Gasteiger partial charge on any atom is 0.228 e. The Labute approximate surface area is 191 Å². The van der Waals surface area contributed by atoms with Gasteiger partial charge in [0.15, 0.2) is 0 Å². The molecule has 2 aliphatic rings. The van der Waals surface area contributed by atoms with Crippen molar-refractivity contribution in [3.8, 4) is 11.1 Å². The maximum absolute atomic E-state index is 13.2. The Kier molecular flexibility index (Phi) is 7.23. The minimum absolute atomic E-state index is 0.0391. The van der Waals surface area contributed by atoms with E-state index in [-0.39, 0.29) is 11.8 Å². The maximum atomic E-state index is 13.2. The summed E-state index contributed by atoms with van der Waals surface area (Å²) in [7, 11) is 1.71. The van der Waals surface area contributed by atoms with Gasteiger partial charge in [0.05, 0.1) is 5.41 Å². The van der Waals surface area contributed by atoms with Gasteiger partial charge in [-0.25, -0.2) is 0 Å². The quantitative estimate of drug-likeness (QED) is 0.723. The predicted molar refractivity (Wildman–Crippen MR) is 127 cm³/mol. The Balaban J connectivity index is 1.57. The Morgan fingerprint density at radius 1 is 1.06 bits per heavy atom. The summed E-state index contributed by atoms with van der Waals surface area (Å²) < 4.78 is 0. The summed E-state index contributed by atoms with van der Waals surface area (Å²) in [4.78, 5) is 32.5. The topological polar surface area (TPSA) is 62.3 Å². The highest BCUT2D eigenvalue weighted by molar-refractivity contribution is 5.85. The van der Waals surface area contributed by atoms with Gasteiger partial charge >= 0.3 is 0 Å². The summed E-state index contributed by atoms with van der Waals surface area (Å²) in [6.07, 6.45) is 12.6. The number of nitrogens with one attached hydrogen (secondary N) is 1. The number of nitrogens with zero attached hydrogens (tertiary/aromatic N) is 2. The van der Waals surface area contributed by atoms with Crippen LogP contribution in [0.15, 0.2) is 48.8 Å². The zero-order valence-electron chi connectivity index (χ0n) is 19.2. The lowest BCUT2D eigenvalue weighted by Gasteiger charge is -2.42. The van der Waals surface area contributed by atoms with Crippen molar-refractivity contribution in [3.05, 3.63) is 54.4 Å². The zero-order chi connectivity index (χ0) is 22.4. The fraction of sp³-hybridized carbons (Fsp3) is 0.519. The van der Waals surface area contributed by atoms with Crippen LogP contribution in [-0.4, -0.2) is 41.8 Å². The van der Waals surface area contributed by atoms with Crippen LogP contribution in [0.25, 0.3) is 11.1 Å². The molecule has 2 amide bonds. The van der Waals surface area contributed by atoms with E-state index in [4.69, 9.17) is 0 Å². The van der Waals surface area contributed by atoms with E-state index in [1.54, 1.807) is 19.4 Å². The van der Waals surface area contributed by atoms with E-state index >= 15 is 0 Å². The van der Waals surface area contributed by atoms with Crippen molar-refractivity contribution < 1.29 is 9.59 Å². The standard InChI is InChI=1S/C27H35N3O2/c1-28-26(32)27(19-23-10-5-6-11-24(23)22-12-15-29-16-13-22)14-7-17-30(20-27)25(31)18-21-8-3-2-4-9-21/h5-6,10-13,15-16,21H,2-4,7-9,14,17-20H2,1H3,(H,28,32)/t27-/m1/s1. The number of carbonyl (C=O) groups excluding carboxylic acids is 2. The van der Waals surface area contributed by atoms with Gasteiger partial charge < -0.3 is 10.2 Å². The average molecular weight is 434 g/mol. The first-order chi connectivity index (χ1) is 15.6. The SMILES string of the molecule is CNC(=O)[C@@]1(Cc2ccccc2-c2ccncc2)CCCN(C(=O)CC2CCCCC2)C1. The molecule has 0 spiro atoms. The van der Waals surface area contributed by atoms with Crippen LogP contribution >= 0.6 is 0 Å². The van der Waals surface area contributed by atoms with E-state index in [0.29, 0.717) is 25.3 Å². The van der Waals surface area contributed by atoms with E-state index in [0.717, 1.165) is 36.1 Å². The number of hydrogen-bond acceptors (Lipinski definition) is 3. The highest BCUT2D eigenvalue weighted by atomic mass is 16.2. The van der Waals surface area contributed by atoms with Gasteiger partial charge in [-0.15, -0.1) is 0 Å². The number of benzene rings is 1. The molecule has 0 unspecified atom stereocenters. The number of piperidine rings is 1. The molecule has 1 atom stereocenters. The molecule has 0 radical (unpaired) electrons. The largest absolute Gasteiger partial charge is 0.359 e. The van der Waals surface area contributed by atoms with Gasteiger partial charge in [-0.2, -0.15) is 0 Å². The smallest absolute Gasteiger partial charge is 0.228 e. The monoisotopic (exact) mass is 433 g/mol. The first-order valence-electron chi connectivity index (χ1n) is 12.1. The molecule has 5 heteroatoms. The van der Waals surface area contributed by atoms with Gasteiger partial charge in [0.25, 0.3) is 0 Å². The minimum atomic E-state index is -0.599. The lowest BCUT2D eigenvalue weighted by molar-refractivity contribution is -0.142. The third-order valence-electron chi connectivity index (χ3n) is 7.36. The summed E-state index contributed by atoms with van der Waals surface area (Å²) in [5.41, 5.74) is 2.77. The second-order valence-electron chi connectivity index (χ2n) is 9.56. The van der Waals surface area contributed by atoms with Crippen LogP contribution in [0.4, 0.5) is 0 Å². The summed E-state index contributed by atoms with van der Waals surface area (Å²) in [5, 5.41) is 2.91. The van der Waals surface area contributed by atoms with Crippen LogP contribution < -0.4 is 5.32 Å². The molecule has 170 valence electrons. The number of carbonyl (C=O) groups is 2. The molecule has 1 aromatic heterocycles. The summed E-state index contributed by atoms with van der Waals surface area (Å²) in [6, 6.07) is 12.3. The first-order valence-corrected chi connectivity index (χ1v) is 12.1. The molecule has 2 fully saturated rings. The van der Waals surface area contributed by atoms with Crippen molar-refractivity contribution in [1.29, 1.82) is 0 Å². The van der Waals surface area contributed by atoms with E-state index < -0.39 is 5.41 Å². The molecule has 1 N–H and O–H groups in total. The lowest BCUT2D eigenvalue weighted by Crippen LogP contribution is -2.54. The fourth-order valence-electron chi connectivity index (χ4n) is 5.64. The van der Waals surface area contributed by atoms with Crippen molar-refractivity contribution in [1.82, 2.24) is 15.2 Å². The van der Waals surface area contributed by atoms with Crippen LogP contribution in [0, 0.1) is 11.3 Å². The number of pyridine rings is 1. The van der Waals surface area contributed by atoms with Gasteiger partial charge in [0.1, 0.15) is 0 Å². The molecule has 5 nitrogen and oxygen atoms in total. The molecule has 0 bridgehead atoms. The van der Waals surface area contributed by atoms with Crippen molar-refractivity contribution in [2.24, 2.45) is 11.3 Å². The number of hydrogen-bond donors (Lipinski definition) is 1. The average Bonchev–Trinajstić information content (AvgIpc) is 2.85. The minimum Gasteiger partial charge on any atom is -0.359 e. The van der Waals surface area contributed by atoms with Crippen molar-refractivity contribution in [2.45, 2.75) is 57.8 Å². The van der Waals surface area contributed by atoms with E-state index in [1.165, 1.54) is 32.1 Å². The van der Waals surface area contributed by atoms with E-state index in [1.807, 2.05) is 29.2 Å². The highest BCUT2D eigenvalue weighted by Crippen LogP contribution is 2.38. The van der Waals surface area contributed by atoms with E-state index in [2.05, 4.69) is 22.4 Å². The summed E-state index contributed by atoms with van der Waals surface area (Å²) in [5.74, 6) is 0.782. The van der Waals surface area contributed by atoms with Gasteiger partial charge in [0.2, 0.25) is 11.8 Å². The van der Waals surface area contributed by atoms with E-state index in [9.17, 15) is 9.59 Å². The highest BCUT2D eigenvalue weighted by Gasteiger charge is 2.43. The van der Waals surface area contributed by atoms with Crippen LogP contribution in [-0.2, 0) is 16.0 Å². The Hall–Kier alpha value is -2.69. The fourth-order valence-corrected chi connectivity index (χ4v) is 5.64. The molecule has 2 aromatic rings. The molecular formula is C27H35N3O2. The summed E-state index contributed by atoms with van der Waals surface area (Å²) >= 11 is 0. The number of likely N-dealkylation sites (tertiary alicyclic amines) is 1. The molecule has 1 saturated carbocycles. The number of amides is 2. The molecule has 1 aromatic carbocycles. The van der Waals surface area contributed by atoms with Crippen molar-refractivity contribution in [3.63, 3.8) is 0 Å².